The summed E-state index contributed by atoms with van der Waals surface area (Å²) in [6.45, 7) is 2.34. The second-order valence-electron chi connectivity index (χ2n) is 5.79. The van der Waals surface area contributed by atoms with Gasteiger partial charge in [-0.2, -0.15) is 0 Å². The van der Waals surface area contributed by atoms with Crippen LogP contribution < -0.4 is 14.8 Å². The molecule has 2 N–H and O–H groups in total. The molecule has 30 heavy (non-hydrogen) atoms. The summed E-state index contributed by atoms with van der Waals surface area (Å²) in [4.78, 5) is 12.1. The first-order chi connectivity index (χ1) is 14.3. The number of nitrogens with one attached hydrogen (secondary N) is 2. The SMILES string of the molecule is CCOc1ccc(NS(=O)(=O)c2ccc(C(=O)Nc3nnc(C(F)F)s3)cc2)cc1. The molecule has 0 saturated carbocycles. The maximum Gasteiger partial charge on any atom is 0.291 e. The molecule has 12 heteroatoms. The maximum atomic E-state index is 12.5. The van der Waals surface area contributed by atoms with Crippen molar-refractivity contribution in [3.05, 3.63) is 59.1 Å². The molecule has 8 nitrogen and oxygen atoms in total. The summed E-state index contributed by atoms with van der Waals surface area (Å²) >= 11 is 0.558. The first-order valence-electron chi connectivity index (χ1n) is 8.57. The van der Waals surface area contributed by atoms with Gasteiger partial charge in [-0.05, 0) is 55.5 Å². The van der Waals surface area contributed by atoms with Crippen LogP contribution in [0.4, 0.5) is 19.6 Å². The largest absolute Gasteiger partial charge is 0.494 e. The van der Waals surface area contributed by atoms with Crippen molar-refractivity contribution in [3.63, 3.8) is 0 Å². The lowest BCUT2D eigenvalue weighted by molar-refractivity contribution is 0.102. The van der Waals surface area contributed by atoms with Gasteiger partial charge in [0.2, 0.25) is 5.13 Å². The molecule has 0 fully saturated rings. The standard InChI is InChI=1S/C18H16F2N4O4S2/c1-2-28-13-7-5-12(6-8-13)24-30(26,27)14-9-3-11(4-10-14)16(25)21-18-23-22-17(29-18)15(19)20/h3-10,15,24H,2H2,1H3,(H,21,23,25). The van der Waals surface area contributed by atoms with E-state index in [9.17, 15) is 22.0 Å². The van der Waals surface area contributed by atoms with Crippen LogP contribution in [0.1, 0.15) is 28.7 Å². The summed E-state index contributed by atoms with van der Waals surface area (Å²) in [5, 5.41) is 8.49. The average molecular weight is 454 g/mol. The molecule has 0 saturated heterocycles. The van der Waals surface area contributed by atoms with Crippen LogP contribution in [-0.2, 0) is 10.0 Å². The van der Waals surface area contributed by atoms with Crippen LogP contribution in [0.2, 0.25) is 0 Å². The molecule has 0 atom stereocenters. The lowest BCUT2D eigenvalue weighted by Crippen LogP contribution is -2.14. The average Bonchev–Trinajstić information content (AvgIpc) is 3.18. The van der Waals surface area contributed by atoms with Crippen LogP contribution in [-0.4, -0.2) is 31.1 Å². The maximum absolute atomic E-state index is 12.5. The molecule has 0 unspecified atom stereocenters. The molecule has 0 aliphatic heterocycles. The summed E-state index contributed by atoms with van der Waals surface area (Å²) in [5.41, 5.74) is 0.482. The van der Waals surface area contributed by atoms with Crippen LogP contribution >= 0.6 is 11.3 Å². The molecule has 1 heterocycles. The number of hydrogen-bond acceptors (Lipinski definition) is 7. The van der Waals surface area contributed by atoms with Crippen molar-refractivity contribution < 1.29 is 26.7 Å². The molecule has 0 aliphatic carbocycles. The highest BCUT2D eigenvalue weighted by molar-refractivity contribution is 7.92. The summed E-state index contributed by atoms with van der Waals surface area (Å²) in [7, 11) is -3.87. The van der Waals surface area contributed by atoms with Gasteiger partial charge in [-0.25, -0.2) is 17.2 Å². The Morgan fingerprint density at radius 3 is 2.33 bits per heavy atom. The van der Waals surface area contributed by atoms with Crippen molar-refractivity contribution in [1.82, 2.24) is 10.2 Å². The Bertz CT molecular complexity index is 1120. The highest BCUT2D eigenvalue weighted by Crippen LogP contribution is 2.25. The third-order valence-electron chi connectivity index (χ3n) is 3.69. The Morgan fingerprint density at radius 1 is 1.10 bits per heavy atom. The zero-order valence-electron chi connectivity index (χ0n) is 15.5. The van der Waals surface area contributed by atoms with E-state index >= 15 is 0 Å². The zero-order valence-corrected chi connectivity index (χ0v) is 17.1. The van der Waals surface area contributed by atoms with Gasteiger partial charge >= 0.3 is 0 Å². The molecule has 1 amide bonds. The normalized spacial score (nSPS) is 11.3. The Kier molecular flexibility index (Phi) is 6.57. The number of carbonyl (C=O) groups is 1. The van der Waals surface area contributed by atoms with Crippen LogP contribution in [0.5, 0.6) is 5.75 Å². The molecule has 1 aromatic heterocycles. The number of halogens is 2. The number of amides is 1. The van der Waals surface area contributed by atoms with E-state index in [1.807, 2.05) is 6.92 Å². The van der Waals surface area contributed by atoms with E-state index < -0.39 is 27.4 Å². The smallest absolute Gasteiger partial charge is 0.291 e. The molecular weight excluding hydrogens is 438 g/mol. The van der Waals surface area contributed by atoms with E-state index in [2.05, 4.69) is 20.2 Å². The third-order valence-corrected chi connectivity index (χ3v) is 5.94. The van der Waals surface area contributed by atoms with Crippen molar-refractivity contribution in [2.45, 2.75) is 18.2 Å². The number of hydrogen-bond donors (Lipinski definition) is 2. The number of alkyl halides is 2. The van der Waals surface area contributed by atoms with Crippen LogP contribution in [0, 0.1) is 0 Å². The quantitative estimate of drug-likeness (QED) is 0.534. The minimum absolute atomic E-state index is 0.0520. The molecule has 158 valence electrons. The van der Waals surface area contributed by atoms with E-state index in [1.54, 1.807) is 24.3 Å². The summed E-state index contributed by atoms with van der Waals surface area (Å²) in [6.07, 6.45) is -2.78. The van der Waals surface area contributed by atoms with Crippen molar-refractivity contribution in [2.75, 3.05) is 16.6 Å². The van der Waals surface area contributed by atoms with Crippen molar-refractivity contribution >= 4 is 38.1 Å². The summed E-state index contributed by atoms with van der Waals surface area (Å²) in [6, 6.07) is 11.5. The number of ether oxygens (including phenoxy) is 1. The number of sulfonamides is 1. The van der Waals surface area contributed by atoms with Crippen LogP contribution in [0.15, 0.2) is 53.4 Å². The fourth-order valence-corrected chi connectivity index (χ4v) is 3.98. The number of carbonyl (C=O) groups excluding carboxylic acids is 1. The highest BCUT2D eigenvalue weighted by Gasteiger charge is 2.18. The zero-order chi connectivity index (χ0) is 21.7. The monoisotopic (exact) mass is 454 g/mol. The lowest BCUT2D eigenvalue weighted by atomic mass is 10.2. The summed E-state index contributed by atoms with van der Waals surface area (Å²) in [5.74, 6) is -0.0118. The molecule has 0 radical (unpaired) electrons. The molecule has 3 rings (SSSR count). The minimum Gasteiger partial charge on any atom is -0.494 e. The lowest BCUT2D eigenvalue weighted by Gasteiger charge is -2.10. The summed E-state index contributed by atoms with van der Waals surface area (Å²) < 4.78 is 57.8. The third kappa shape index (κ3) is 5.27. The topological polar surface area (TPSA) is 110 Å². The van der Waals surface area contributed by atoms with Gasteiger partial charge < -0.3 is 4.74 Å². The fourth-order valence-electron chi connectivity index (χ4n) is 2.33. The Hall–Kier alpha value is -3.12. The fraction of sp³-hybridized carbons (Fsp3) is 0.167. The van der Waals surface area contributed by atoms with E-state index in [0.29, 0.717) is 29.4 Å². The first-order valence-corrected chi connectivity index (χ1v) is 10.9. The van der Waals surface area contributed by atoms with E-state index in [0.717, 1.165) is 0 Å². The van der Waals surface area contributed by atoms with Gasteiger partial charge in [0.1, 0.15) is 5.75 Å². The number of aromatic nitrogens is 2. The minimum atomic E-state index is -3.87. The molecule has 0 aliphatic rings. The molecule has 0 spiro atoms. The van der Waals surface area contributed by atoms with E-state index in [1.165, 1.54) is 24.3 Å². The van der Waals surface area contributed by atoms with Crippen molar-refractivity contribution in [2.24, 2.45) is 0 Å². The van der Waals surface area contributed by atoms with Gasteiger partial charge in [0.25, 0.3) is 22.4 Å². The number of rotatable bonds is 8. The molecule has 2 aromatic carbocycles. The predicted octanol–water partition coefficient (Wildman–Crippen LogP) is 3.93. The Labute approximate surface area is 175 Å². The van der Waals surface area contributed by atoms with Gasteiger partial charge in [-0.1, -0.05) is 11.3 Å². The van der Waals surface area contributed by atoms with Gasteiger partial charge in [-0.15, -0.1) is 10.2 Å². The van der Waals surface area contributed by atoms with Gasteiger partial charge in [0.15, 0.2) is 5.01 Å². The predicted molar refractivity (Wildman–Crippen MR) is 108 cm³/mol. The number of anilines is 2. The van der Waals surface area contributed by atoms with Crippen LogP contribution in [0.3, 0.4) is 0 Å². The number of nitrogens with zero attached hydrogens (tertiary/aromatic N) is 2. The van der Waals surface area contributed by atoms with Gasteiger partial charge in [0, 0.05) is 11.3 Å². The van der Waals surface area contributed by atoms with Gasteiger partial charge in [0.05, 0.1) is 11.5 Å². The Morgan fingerprint density at radius 2 is 1.77 bits per heavy atom. The number of benzene rings is 2. The first kappa shape index (κ1) is 21.6. The van der Waals surface area contributed by atoms with Crippen LogP contribution in [0.25, 0.3) is 0 Å². The Balaban J connectivity index is 1.67. The second-order valence-corrected chi connectivity index (χ2v) is 8.48. The van der Waals surface area contributed by atoms with E-state index in [-0.39, 0.29) is 15.6 Å². The van der Waals surface area contributed by atoms with E-state index in [4.69, 9.17) is 4.74 Å². The molecular formula is C18H16F2N4O4S2. The van der Waals surface area contributed by atoms with Crippen molar-refractivity contribution in [3.8, 4) is 5.75 Å². The molecule has 0 bridgehead atoms. The molecule has 3 aromatic rings. The highest BCUT2D eigenvalue weighted by atomic mass is 32.2. The second kappa shape index (κ2) is 9.13. The van der Waals surface area contributed by atoms with Crippen molar-refractivity contribution in [1.29, 1.82) is 0 Å². The van der Waals surface area contributed by atoms with Gasteiger partial charge in [-0.3, -0.25) is 14.8 Å².